The Labute approximate surface area is 95.2 Å². The summed E-state index contributed by atoms with van der Waals surface area (Å²) in [4.78, 5) is 2.60. The second-order valence-corrected chi connectivity index (χ2v) is 5.09. The van der Waals surface area contributed by atoms with Gasteiger partial charge in [0.15, 0.2) is 0 Å². The largest absolute Gasteiger partial charge is 0.330 e. The van der Waals surface area contributed by atoms with Gasteiger partial charge < -0.3 is 10.6 Å². The first kappa shape index (κ1) is 13.0. The molecule has 90 valence electrons. The molecule has 2 heteroatoms. The third-order valence-electron chi connectivity index (χ3n) is 3.92. The summed E-state index contributed by atoms with van der Waals surface area (Å²) in [5, 5.41) is 0. The summed E-state index contributed by atoms with van der Waals surface area (Å²) in [6.45, 7) is 3.18. The number of nitrogens with zero attached hydrogens (tertiary/aromatic N) is 1. The van der Waals surface area contributed by atoms with Crippen molar-refractivity contribution in [3.05, 3.63) is 0 Å². The minimum Gasteiger partial charge on any atom is -0.330 e. The highest BCUT2D eigenvalue weighted by Crippen LogP contribution is 2.23. The summed E-state index contributed by atoms with van der Waals surface area (Å²) in [5.74, 6) is 0. The topological polar surface area (TPSA) is 29.3 Å². The first-order valence-corrected chi connectivity index (χ1v) is 6.67. The van der Waals surface area contributed by atoms with E-state index in [-0.39, 0.29) is 0 Å². The molecule has 2 nitrogen and oxygen atoms in total. The summed E-state index contributed by atoms with van der Waals surface area (Å²) in [5.41, 5.74) is 5.56. The van der Waals surface area contributed by atoms with Crippen molar-refractivity contribution in [1.29, 1.82) is 0 Å². The summed E-state index contributed by atoms with van der Waals surface area (Å²) in [6.07, 6.45) is 11.0. The predicted molar refractivity (Wildman–Crippen MR) is 67.0 cm³/mol. The minimum absolute atomic E-state index is 0.705. The Kier molecular flexibility index (Phi) is 6.26. The molecule has 1 fully saturated rings. The summed E-state index contributed by atoms with van der Waals surface area (Å²) in [7, 11) is 2.30. The zero-order valence-corrected chi connectivity index (χ0v) is 10.5. The lowest BCUT2D eigenvalue weighted by molar-refractivity contribution is 0.159. The average Bonchev–Trinajstić information content (AvgIpc) is 2.53. The normalized spacial score (nSPS) is 21.6. The third kappa shape index (κ3) is 4.52. The van der Waals surface area contributed by atoms with E-state index in [4.69, 9.17) is 5.73 Å². The van der Waals surface area contributed by atoms with E-state index in [0.29, 0.717) is 6.04 Å². The van der Waals surface area contributed by atoms with Crippen LogP contribution in [0.2, 0.25) is 0 Å². The standard InChI is InChI=1S/C13H28N2/c1-12(8-7-11-14)15(2)13-9-5-3-4-6-10-13/h12-13H,3-11,14H2,1-2H3. The van der Waals surface area contributed by atoms with Crippen LogP contribution in [-0.2, 0) is 0 Å². The van der Waals surface area contributed by atoms with Crippen molar-refractivity contribution < 1.29 is 0 Å². The summed E-state index contributed by atoms with van der Waals surface area (Å²) >= 11 is 0. The molecule has 1 saturated carbocycles. The maximum Gasteiger partial charge on any atom is 0.00950 e. The highest BCUT2D eigenvalue weighted by Gasteiger charge is 2.20. The zero-order valence-electron chi connectivity index (χ0n) is 10.5. The maximum atomic E-state index is 5.56. The Bertz CT molecular complexity index is 151. The van der Waals surface area contributed by atoms with Crippen LogP contribution in [0, 0.1) is 0 Å². The van der Waals surface area contributed by atoms with Crippen LogP contribution in [0.4, 0.5) is 0 Å². The minimum atomic E-state index is 0.705. The van der Waals surface area contributed by atoms with Crippen molar-refractivity contribution in [3.8, 4) is 0 Å². The quantitative estimate of drug-likeness (QED) is 0.710. The molecule has 0 saturated heterocycles. The van der Waals surface area contributed by atoms with Crippen LogP contribution in [0.15, 0.2) is 0 Å². The molecule has 0 aromatic heterocycles. The Morgan fingerprint density at radius 2 is 1.80 bits per heavy atom. The molecule has 0 aliphatic heterocycles. The maximum absolute atomic E-state index is 5.56. The van der Waals surface area contributed by atoms with Crippen LogP contribution < -0.4 is 5.73 Å². The summed E-state index contributed by atoms with van der Waals surface area (Å²) in [6, 6.07) is 1.54. The fourth-order valence-electron chi connectivity index (χ4n) is 2.64. The second kappa shape index (κ2) is 7.24. The van der Waals surface area contributed by atoms with Gasteiger partial charge in [0.25, 0.3) is 0 Å². The Balaban J connectivity index is 2.32. The highest BCUT2D eigenvalue weighted by molar-refractivity contribution is 4.76. The molecule has 1 aliphatic carbocycles. The lowest BCUT2D eigenvalue weighted by Gasteiger charge is -2.32. The number of hydrogen-bond acceptors (Lipinski definition) is 2. The van der Waals surface area contributed by atoms with Gasteiger partial charge in [0.05, 0.1) is 0 Å². The molecule has 0 aromatic rings. The molecule has 1 atom stereocenters. The van der Waals surface area contributed by atoms with Crippen LogP contribution in [-0.4, -0.2) is 30.6 Å². The van der Waals surface area contributed by atoms with Gasteiger partial charge in [-0.3, -0.25) is 0 Å². The molecule has 0 spiro atoms. The highest BCUT2D eigenvalue weighted by atomic mass is 15.2. The van der Waals surface area contributed by atoms with Crippen LogP contribution in [0.25, 0.3) is 0 Å². The van der Waals surface area contributed by atoms with E-state index in [1.165, 1.54) is 44.9 Å². The molecular weight excluding hydrogens is 184 g/mol. The molecule has 15 heavy (non-hydrogen) atoms. The van der Waals surface area contributed by atoms with Crippen molar-refractivity contribution in [2.45, 2.75) is 70.4 Å². The molecule has 1 aliphatic rings. The zero-order chi connectivity index (χ0) is 11.1. The SMILES string of the molecule is CC(CCCN)N(C)C1CCCCCC1. The van der Waals surface area contributed by atoms with Crippen LogP contribution in [0.3, 0.4) is 0 Å². The molecule has 2 N–H and O–H groups in total. The lowest BCUT2D eigenvalue weighted by atomic mass is 10.0. The Morgan fingerprint density at radius 1 is 1.20 bits per heavy atom. The van der Waals surface area contributed by atoms with Crippen LogP contribution in [0.1, 0.15) is 58.3 Å². The van der Waals surface area contributed by atoms with Gasteiger partial charge in [0.1, 0.15) is 0 Å². The van der Waals surface area contributed by atoms with Gasteiger partial charge >= 0.3 is 0 Å². The fraction of sp³-hybridized carbons (Fsp3) is 1.00. The second-order valence-electron chi connectivity index (χ2n) is 5.09. The van der Waals surface area contributed by atoms with Gasteiger partial charge in [-0.1, -0.05) is 25.7 Å². The molecule has 1 rings (SSSR count). The van der Waals surface area contributed by atoms with Gasteiger partial charge in [-0.15, -0.1) is 0 Å². The number of nitrogens with two attached hydrogens (primary N) is 1. The van der Waals surface area contributed by atoms with Crippen molar-refractivity contribution >= 4 is 0 Å². The average molecular weight is 212 g/mol. The number of hydrogen-bond donors (Lipinski definition) is 1. The lowest BCUT2D eigenvalue weighted by Crippen LogP contribution is -2.38. The van der Waals surface area contributed by atoms with Gasteiger partial charge in [-0.2, -0.15) is 0 Å². The molecule has 0 radical (unpaired) electrons. The Morgan fingerprint density at radius 3 is 2.33 bits per heavy atom. The Hall–Kier alpha value is -0.0800. The van der Waals surface area contributed by atoms with Crippen LogP contribution in [0.5, 0.6) is 0 Å². The van der Waals surface area contributed by atoms with E-state index < -0.39 is 0 Å². The van der Waals surface area contributed by atoms with Gasteiger partial charge in [0.2, 0.25) is 0 Å². The van der Waals surface area contributed by atoms with E-state index in [9.17, 15) is 0 Å². The van der Waals surface area contributed by atoms with E-state index in [1.807, 2.05) is 0 Å². The van der Waals surface area contributed by atoms with Crippen molar-refractivity contribution in [2.75, 3.05) is 13.6 Å². The summed E-state index contributed by atoms with van der Waals surface area (Å²) < 4.78 is 0. The van der Waals surface area contributed by atoms with E-state index in [0.717, 1.165) is 19.0 Å². The smallest absolute Gasteiger partial charge is 0.00950 e. The molecule has 0 amide bonds. The van der Waals surface area contributed by atoms with Crippen LogP contribution >= 0.6 is 0 Å². The molecule has 0 bridgehead atoms. The molecule has 1 unspecified atom stereocenters. The fourth-order valence-corrected chi connectivity index (χ4v) is 2.64. The van der Waals surface area contributed by atoms with E-state index in [2.05, 4.69) is 18.9 Å². The van der Waals surface area contributed by atoms with Gasteiger partial charge in [-0.25, -0.2) is 0 Å². The molecule has 0 heterocycles. The van der Waals surface area contributed by atoms with Crippen molar-refractivity contribution in [1.82, 2.24) is 4.90 Å². The number of rotatable bonds is 5. The van der Waals surface area contributed by atoms with Crippen molar-refractivity contribution in [2.24, 2.45) is 5.73 Å². The molecule has 0 aromatic carbocycles. The van der Waals surface area contributed by atoms with Gasteiger partial charge in [0, 0.05) is 12.1 Å². The third-order valence-corrected chi connectivity index (χ3v) is 3.92. The van der Waals surface area contributed by atoms with E-state index >= 15 is 0 Å². The predicted octanol–water partition coefficient (Wildman–Crippen LogP) is 2.77. The monoisotopic (exact) mass is 212 g/mol. The first-order valence-electron chi connectivity index (χ1n) is 6.67. The first-order chi connectivity index (χ1) is 7.25. The van der Waals surface area contributed by atoms with Gasteiger partial charge in [-0.05, 0) is 46.2 Å². The van der Waals surface area contributed by atoms with Crippen molar-refractivity contribution in [3.63, 3.8) is 0 Å². The van der Waals surface area contributed by atoms with E-state index in [1.54, 1.807) is 0 Å². The molecular formula is C13H28N2.